The first kappa shape index (κ1) is 16.0. The molecule has 1 aliphatic rings. The molecule has 0 radical (unpaired) electrons. The number of nitrogens with zero attached hydrogens (tertiary/aromatic N) is 2. The van der Waals surface area contributed by atoms with Crippen molar-refractivity contribution in [3.8, 4) is 5.75 Å². The van der Waals surface area contributed by atoms with Crippen LogP contribution in [0.4, 0.5) is 4.39 Å². The lowest BCUT2D eigenvalue weighted by Gasteiger charge is -2.35. The molecule has 0 saturated carbocycles. The summed E-state index contributed by atoms with van der Waals surface area (Å²) >= 11 is 5.91. The molecule has 1 heterocycles. The molecule has 6 heteroatoms. The van der Waals surface area contributed by atoms with E-state index in [0.717, 1.165) is 19.6 Å². The maximum atomic E-state index is 13.0. The van der Waals surface area contributed by atoms with E-state index in [2.05, 4.69) is 11.8 Å². The van der Waals surface area contributed by atoms with Gasteiger partial charge in [-0.25, -0.2) is 4.39 Å². The summed E-state index contributed by atoms with van der Waals surface area (Å²) in [5.41, 5.74) is 0. The van der Waals surface area contributed by atoms with Crippen LogP contribution in [0.15, 0.2) is 18.2 Å². The minimum absolute atomic E-state index is 0.0638. The van der Waals surface area contributed by atoms with E-state index >= 15 is 0 Å². The van der Waals surface area contributed by atoms with Crippen LogP contribution in [0.2, 0.25) is 5.02 Å². The highest BCUT2D eigenvalue weighted by molar-refractivity contribution is 6.32. The molecular formula is C15H20ClFN2O2. The first-order valence-corrected chi connectivity index (χ1v) is 7.52. The number of rotatable bonds is 4. The van der Waals surface area contributed by atoms with Crippen molar-refractivity contribution in [3.63, 3.8) is 0 Å². The Morgan fingerprint density at radius 1 is 1.38 bits per heavy atom. The maximum Gasteiger partial charge on any atom is 0.263 e. The summed E-state index contributed by atoms with van der Waals surface area (Å²) in [6.45, 7) is 7.97. The summed E-state index contributed by atoms with van der Waals surface area (Å²) in [6.07, 6.45) is -0.638. The van der Waals surface area contributed by atoms with Gasteiger partial charge in [0, 0.05) is 26.2 Å². The van der Waals surface area contributed by atoms with Crippen LogP contribution in [0.5, 0.6) is 5.75 Å². The van der Waals surface area contributed by atoms with Crippen LogP contribution in [0.1, 0.15) is 13.8 Å². The molecule has 1 atom stereocenters. The van der Waals surface area contributed by atoms with Crippen molar-refractivity contribution in [1.82, 2.24) is 9.80 Å². The van der Waals surface area contributed by atoms with Crippen molar-refractivity contribution >= 4 is 17.5 Å². The number of carbonyl (C=O) groups excluding carboxylic acids is 1. The number of ether oxygens (including phenoxy) is 1. The van der Waals surface area contributed by atoms with Gasteiger partial charge in [-0.1, -0.05) is 18.5 Å². The molecule has 1 aromatic rings. The van der Waals surface area contributed by atoms with E-state index in [1.165, 1.54) is 18.2 Å². The molecule has 1 saturated heterocycles. The predicted molar refractivity (Wildman–Crippen MR) is 80.2 cm³/mol. The fourth-order valence-corrected chi connectivity index (χ4v) is 2.57. The third-order valence-corrected chi connectivity index (χ3v) is 3.97. The van der Waals surface area contributed by atoms with Crippen LogP contribution < -0.4 is 4.74 Å². The van der Waals surface area contributed by atoms with Crippen molar-refractivity contribution in [2.45, 2.75) is 20.0 Å². The van der Waals surface area contributed by atoms with E-state index < -0.39 is 11.9 Å². The number of amides is 1. The Morgan fingerprint density at radius 2 is 2.05 bits per heavy atom. The van der Waals surface area contributed by atoms with Gasteiger partial charge in [-0.2, -0.15) is 0 Å². The molecule has 0 aromatic heterocycles. The predicted octanol–water partition coefficient (Wildman–Crippen LogP) is 2.41. The Labute approximate surface area is 129 Å². The molecule has 0 N–H and O–H groups in total. The van der Waals surface area contributed by atoms with Crippen molar-refractivity contribution in [2.24, 2.45) is 0 Å². The largest absolute Gasteiger partial charge is 0.479 e. The second kappa shape index (κ2) is 7.09. The summed E-state index contributed by atoms with van der Waals surface area (Å²) in [5.74, 6) is -0.167. The molecule has 21 heavy (non-hydrogen) atoms. The van der Waals surface area contributed by atoms with Gasteiger partial charge in [0.05, 0.1) is 5.02 Å². The minimum atomic E-state index is -0.638. The second-order valence-electron chi connectivity index (χ2n) is 5.09. The number of piperazine rings is 1. The van der Waals surface area contributed by atoms with Crippen molar-refractivity contribution in [1.29, 1.82) is 0 Å². The fraction of sp³-hybridized carbons (Fsp3) is 0.533. The fourth-order valence-electron chi connectivity index (χ4n) is 2.35. The SMILES string of the molecule is CCN1CCN(C(=O)C(C)Oc2ccc(F)cc2Cl)CC1. The molecule has 116 valence electrons. The third kappa shape index (κ3) is 4.08. The minimum Gasteiger partial charge on any atom is -0.479 e. The highest BCUT2D eigenvalue weighted by atomic mass is 35.5. The standard InChI is InChI=1S/C15H20ClFN2O2/c1-3-18-6-8-19(9-7-18)15(20)11(2)21-14-5-4-12(17)10-13(14)16/h4-5,10-11H,3,6-9H2,1-2H3. The van der Waals surface area contributed by atoms with Gasteiger partial charge in [-0.3, -0.25) is 4.79 Å². The summed E-state index contributed by atoms with van der Waals surface area (Å²) in [5, 5.41) is 0.172. The Morgan fingerprint density at radius 3 is 2.62 bits per heavy atom. The van der Waals surface area contributed by atoms with E-state index in [9.17, 15) is 9.18 Å². The second-order valence-corrected chi connectivity index (χ2v) is 5.50. The molecule has 0 bridgehead atoms. The molecule has 0 spiro atoms. The van der Waals surface area contributed by atoms with Crippen LogP contribution in [-0.4, -0.2) is 54.5 Å². The summed E-state index contributed by atoms with van der Waals surface area (Å²) in [4.78, 5) is 16.4. The van der Waals surface area contributed by atoms with Gasteiger partial charge in [-0.05, 0) is 31.7 Å². The first-order valence-electron chi connectivity index (χ1n) is 7.14. The van der Waals surface area contributed by atoms with E-state index in [-0.39, 0.29) is 10.9 Å². The molecule has 1 fully saturated rings. The van der Waals surface area contributed by atoms with Crippen LogP contribution in [-0.2, 0) is 4.79 Å². The number of hydrogen-bond donors (Lipinski definition) is 0. The van der Waals surface area contributed by atoms with Gasteiger partial charge in [0.25, 0.3) is 5.91 Å². The van der Waals surface area contributed by atoms with Gasteiger partial charge < -0.3 is 14.5 Å². The molecule has 4 nitrogen and oxygen atoms in total. The lowest BCUT2D eigenvalue weighted by atomic mass is 10.2. The molecule has 0 aliphatic carbocycles. The third-order valence-electron chi connectivity index (χ3n) is 3.68. The number of carbonyl (C=O) groups is 1. The highest BCUT2D eigenvalue weighted by Crippen LogP contribution is 2.26. The zero-order chi connectivity index (χ0) is 15.4. The van der Waals surface area contributed by atoms with E-state index in [1.54, 1.807) is 11.8 Å². The number of benzene rings is 1. The Hall–Kier alpha value is -1.33. The van der Waals surface area contributed by atoms with Gasteiger partial charge in [0.1, 0.15) is 11.6 Å². The number of likely N-dealkylation sites (N-methyl/N-ethyl adjacent to an activating group) is 1. The molecule has 1 aromatic carbocycles. The van der Waals surface area contributed by atoms with E-state index in [0.29, 0.717) is 18.8 Å². The normalized spacial score (nSPS) is 17.6. The first-order chi connectivity index (χ1) is 10.0. The van der Waals surface area contributed by atoms with Crippen LogP contribution >= 0.6 is 11.6 Å². The van der Waals surface area contributed by atoms with Crippen molar-refractivity contribution in [2.75, 3.05) is 32.7 Å². The average Bonchev–Trinajstić information content (AvgIpc) is 2.49. The lowest BCUT2D eigenvalue weighted by molar-refractivity contribution is -0.139. The maximum absolute atomic E-state index is 13.0. The molecule has 2 rings (SSSR count). The summed E-state index contributed by atoms with van der Waals surface area (Å²) in [7, 11) is 0. The summed E-state index contributed by atoms with van der Waals surface area (Å²) in [6, 6.07) is 3.88. The molecule has 1 aliphatic heterocycles. The molecule has 1 amide bonds. The van der Waals surface area contributed by atoms with E-state index in [1.807, 2.05) is 0 Å². The monoisotopic (exact) mass is 314 g/mol. The average molecular weight is 315 g/mol. The molecule has 1 unspecified atom stereocenters. The zero-order valence-corrected chi connectivity index (χ0v) is 13.1. The van der Waals surface area contributed by atoms with Crippen molar-refractivity contribution in [3.05, 3.63) is 29.0 Å². The zero-order valence-electron chi connectivity index (χ0n) is 12.3. The Balaban J connectivity index is 1.93. The Kier molecular flexibility index (Phi) is 5.42. The van der Waals surface area contributed by atoms with Gasteiger partial charge in [0.2, 0.25) is 0 Å². The van der Waals surface area contributed by atoms with Crippen LogP contribution in [0.3, 0.4) is 0 Å². The Bertz CT molecular complexity index is 504. The summed E-state index contributed by atoms with van der Waals surface area (Å²) < 4.78 is 18.5. The van der Waals surface area contributed by atoms with Crippen molar-refractivity contribution < 1.29 is 13.9 Å². The van der Waals surface area contributed by atoms with Crippen LogP contribution in [0.25, 0.3) is 0 Å². The molecular weight excluding hydrogens is 295 g/mol. The van der Waals surface area contributed by atoms with Gasteiger partial charge >= 0.3 is 0 Å². The van der Waals surface area contributed by atoms with E-state index in [4.69, 9.17) is 16.3 Å². The van der Waals surface area contributed by atoms with Crippen LogP contribution in [0, 0.1) is 5.82 Å². The van der Waals surface area contributed by atoms with Gasteiger partial charge in [0.15, 0.2) is 6.10 Å². The highest BCUT2D eigenvalue weighted by Gasteiger charge is 2.25. The number of halogens is 2. The number of hydrogen-bond acceptors (Lipinski definition) is 3. The smallest absolute Gasteiger partial charge is 0.263 e. The topological polar surface area (TPSA) is 32.8 Å². The quantitative estimate of drug-likeness (QED) is 0.855. The lowest BCUT2D eigenvalue weighted by Crippen LogP contribution is -2.51. The van der Waals surface area contributed by atoms with Gasteiger partial charge in [-0.15, -0.1) is 0 Å².